The molecule has 19 heavy (non-hydrogen) atoms. The fourth-order valence-electron chi connectivity index (χ4n) is 1.64. The number of rotatable bonds is 2. The van der Waals surface area contributed by atoms with Gasteiger partial charge in [0.1, 0.15) is 23.3 Å². The highest BCUT2D eigenvalue weighted by atomic mass is 19.1. The molecule has 1 aromatic heterocycles. The number of likely N-dealkylation sites (tertiary alicyclic amines) is 1. The minimum atomic E-state index is -0.504. The maximum Gasteiger partial charge on any atom is 0.410 e. The number of pyridine rings is 1. The van der Waals surface area contributed by atoms with Crippen molar-refractivity contribution in [1.29, 1.82) is 0 Å². The van der Waals surface area contributed by atoms with Crippen molar-refractivity contribution < 1.29 is 18.7 Å². The number of carbonyl (C=O) groups is 1. The predicted molar refractivity (Wildman–Crippen MR) is 66.4 cm³/mol. The van der Waals surface area contributed by atoms with Gasteiger partial charge in [0.2, 0.25) is 0 Å². The summed E-state index contributed by atoms with van der Waals surface area (Å²) in [5.41, 5.74) is -0.504. The van der Waals surface area contributed by atoms with Crippen LogP contribution in [0.25, 0.3) is 0 Å². The number of halogens is 1. The molecule has 2 heterocycles. The Morgan fingerprint density at radius 1 is 1.42 bits per heavy atom. The SMILES string of the molecule is CC(C)(C)OC(=O)N1CC(Oc2cncc(F)c2)C1. The fraction of sp³-hybridized carbons (Fsp3) is 0.538. The van der Waals surface area contributed by atoms with Gasteiger partial charge in [0, 0.05) is 6.07 Å². The zero-order chi connectivity index (χ0) is 14.0. The van der Waals surface area contributed by atoms with Gasteiger partial charge in [0.05, 0.1) is 25.5 Å². The van der Waals surface area contributed by atoms with Gasteiger partial charge < -0.3 is 14.4 Å². The van der Waals surface area contributed by atoms with Crippen LogP contribution in [-0.4, -0.2) is 40.8 Å². The third kappa shape index (κ3) is 3.81. The van der Waals surface area contributed by atoms with E-state index in [4.69, 9.17) is 9.47 Å². The maximum atomic E-state index is 12.9. The van der Waals surface area contributed by atoms with Gasteiger partial charge in [-0.15, -0.1) is 0 Å². The third-order valence-corrected chi connectivity index (χ3v) is 2.48. The van der Waals surface area contributed by atoms with Gasteiger partial charge in [0.25, 0.3) is 0 Å². The molecular formula is C13H17FN2O3. The molecule has 104 valence electrons. The standard InChI is InChI=1S/C13H17FN2O3/c1-13(2,3)19-12(17)16-7-11(8-16)18-10-4-9(14)5-15-6-10/h4-6,11H,7-8H2,1-3H3. The lowest BCUT2D eigenvalue weighted by Crippen LogP contribution is -2.57. The fourth-order valence-corrected chi connectivity index (χ4v) is 1.64. The number of nitrogens with zero attached hydrogens (tertiary/aromatic N) is 2. The number of aromatic nitrogens is 1. The van der Waals surface area contributed by atoms with Gasteiger partial charge in [-0.3, -0.25) is 4.98 Å². The summed E-state index contributed by atoms with van der Waals surface area (Å²) in [5, 5.41) is 0. The maximum absolute atomic E-state index is 12.9. The quantitative estimate of drug-likeness (QED) is 0.825. The highest BCUT2D eigenvalue weighted by molar-refractivity contribution is 5.69. The van der Waals surface area contributed by atoms with E-state index in [1.807, 2.05) is 20.8 Å². The molecule has 6 heteroatoms. The molecule has 0 aliphatic carbocycles. The van der Waals surface area contributed by atoms with Crippen molar-refractivity contribution in [1.82, 2.24) is 9.88 Å². The Hall–Kier alpha value is -1.85. The summed E-state index contributed by atoms with van der Waals surface area (Å²) in [4.78, 5) is 16.9. The smallest absolute Gasteiger partial charge is 0.410 e. The van der Waals surface area contributed by atoms with Crippen molar-refractivity contribution in [2.24, 2.45) is 0 Å². The van der Waals surface area contributed by atoms with E-state index >= 15 is 0 Å². The summed E-state index contributed by atoms with van der Waals surface area (Å²) in [7, 11) is 0. The molecule has 1 saturated heterocycles. The first-order valence-corrected chi connectivity index (χ1v) is 6.08. The first kappa shape index (κ1) is 13.6. The average Bonchev–Trinajstić information content (AvgIpc) is 2.20. The summed E-state index contributed by atoms with van der Waals surface area (Å²) >= 11 is 0. The van der Waals surface area contributed by atoms with Crippen LogP contribution in [0.15, 0.2) is 18.5 Å². The second-order valence-electron chi connectivity index (χ2n) is 5.46. The number of carbonyl (C=O) groups excluding carboxylic acids is 1. The second kappa shape index (κ2) is 5.03. The first-order chi connectivity index (χ1) is 8.83. The first-order valence-electron chi connectivity index (χ1n) is 6.08. The molecule has 0 bridgehead atoms. The Labute approximate surface area is 111 Å². The Kier molecular flexibility index (Phi) is 3.59. The average molecular weight is 268 g/mol. The molecule has 0 atom stereocenters. The molecule has 1 aliphatic heterocycles. The Balaban J connectivity index is 1.79. The Morgan fingerprint density at radius 3 is 2.68 bits per heavy atom. The van der Waals surface area contributed by atoms with Crippen LogP contribution in [0.2, 0.25) is 0 Å². The van der Waals surface area contributed by atoms with Crippen LogP contribution >= 0.6 is 0 Å². The summed E-state index contributed by atoms with van der Waals surface area (Å²) in [6.07, 6.45) is 2.06. The molecule has 0 radical (unpaired) electrons. The lowest BCUT2D eigenvalue weighted by Gasteiger charge is -2.39. The van der Waals surface area contributed by atoms with Gasteiger partial charge in [-0.05, 0) is 20.8 Å². The van der Waals surface area contributed by atoms with E-state index in [9.17, 15) is 9.18 Å². The van der Waals surface area contributed by atoms with Crippen molar-refractivity contribution in [2.45, 2.75) is 32.5 Å². The highest BCUT2D eigenvalue weighted by Crippen LogP contribution is 2.20. The lowest BCUT2D eigenvalue weighted by atomic mass is 10.1. The summed E-state index contributed by atoms with van der Waals surface area (Å²) < 4.78 is 23.6. The van der Waals surface area contributed by atoms with Crippen molar-refractivity contribution in [3.63, 3.8) is 0 Å². The molecule has 0 saturated carbocycles. The van der Waals surface area contributed by atoms with E-state index in [0.29, 0.717) is 18.8 Å². The molecule has 1 aromatic rings. The zero-order valence-electron chi connectivity index (χ0n) is 11.2. The Morgan fingerprint density at radius 2 is 2.11 bits per heavy atom. The van der Waals surface area contributed by atoms with E-state index < -0.39 is 11.4 Å². The minimum absolute atomic E-state index is 0.142. The van der Waals surface area contributed by atoms with Gasteiger partial charge in [0.15, 0.2) is 0 Å². The van der Waals surface area contributed by atoms with Crippen LogP contribution in [0.1, 0.15) is 20.8 Å². The van der Waals surface area contributed by atoms with E-state index in [-0.39, 0.29) is 12.2 Å². The van der Waals surface area contributed by atoms with Crippen LogP contribution in [0.4, 0.5) is 9.18 Å². The largest absolute Gasteiger partial charge is 0.485 e. The normalized spacial score (nSPS) is 15.9. The van der Waals surface area contributed by atoms with E-state index in [2.05, 4.69) is 4.98 Å². The van der Waals surface area contributed by atoms with Crippen LogP contribution in [0, 0.1) is 5.82 Å². The van der Waals surface area contributed by atoms with Crippen molar-refractivity contribution in [3.8, 4) is 5.75 Å². The van der Waals surface area contributed by atoms with Crippen molar-refractivity contribution in [3.05, 3.63) is 24.3 Å². The summed E-state index contributed by atoms with van der Waals surface area (Å²) in [5.74, 6) is -0.0744. The molecule has 0 unspecified atom stereocenters. The number of amides is 1. The van der Waals surface area contributed by atoms with Crippen molar-refractivity contribution in [2.75, 3.05) is 13.1 Å². The van der Waals surface area contributed by atoms with Crippen LogP contribution in [0.5, 0.6) is 5.75 Å². The van der Waals surface area contributed by atoms with Crippen LogP contribution in [-0.2, 0) is 4.74 Å². The molecule has 1 aliphatic rings. The Bertz CT molecular complexity index is 467. The third-order valence-electron chi connectivity index (χ3n) is 2.48. The van der Waals surface area contributed by atoms with Gasteiger partial charge >= 0.3 is 6.09 Å². The number of hydrogen-bond donors (Lipinski definition) is 0. The van der Waals surface area contributed by atoms with Gasteiger partial charge in [-0.25, -0.2) is 9.18 Å². The summed E-state index contributed by atoms with van der Waals surface area (Å²) in [6, 6.07) is 1.27. The van der Waals surface area contributed by atoms with Crippen LogP contribution in [0.3, 0.4) is 0 Å². The topological polar surface area (TPSA) is 51.7 Å². The number of hydrogen-bond acceptors (Lipinski definition) is 4. The zero-order valence-corrected chi connectivity index (χ0v) is 11.2. The molecule has 0 spiro atoms. The van der Waals surface area contributed by atoms with E-state index in [1.165, 1.54) is 12.3 Å². The van der Waals surface area contributed by atoms with E-state index in [0.717, 1.165) is 6.20 Å². The molecule has 0 aromatic carbocycles. The monoisotopic (exact) mass is 268 g/mol. The minimum Gasteiger partial charge on any atom is -0.485 e. The number of ether oxygens (including phenoxy) is 2. The molecule has 0 N–H and O–H groups in total. The van der Waals surface area contributed by atoms with Crippen LogP contribution < -0.4 is 4.74 Å². The van der Waals surface area contributed by atoms with Gasteiger partial charge in [-0.1, -0.05) is 0 Å². The lowest BCUT2D eigenvalue weighted by molar-refractivity contribution is -0.0222. The molecule has 5 nitrogen and oxygen atoms in total. The highest BCUT2D eigenvalue weighted by Gasteiger charge is 2.35. The second-order valence-corrected chi connectivity index (χ2v) is 5.46. The molecule has 1 amide bonds. The van der Waals surface area contributed by atoms with Gasteiger partial charge in [-0.2, -0.15) is 0 Å². The van der Waals surface area contributed by atoms with Crippen molar-refractivity contribution >= 4 is 6.09 Å². The molecule has 1 fully saturated rings. The van der Waals surface area contributed by atoms with E-state index in [1.54, 1.807) is 4.90 Å². The molecule has 2 rings (SSSR count). The summed E-state index contributed by atoms with van der Waals surface area (Å²) in [6.45, 7) is 6.32. The molecular weight excluding hydrogens is 251 g/mol. The predicted octanol–water partition coefficient (Wildman–Crippen LogP) is 2.22.